The Kier molecular flexibility index (Phi) is 5.63. The number of rotatable bonds is 5. The van der Waals surface area contributed by atoms with E-state index in [2.05, 4.69) is 26.2 Å². The standard InChI is InChI=1S/C20H17BrN2O3/c1-26-20(25)18(10-13-6-8-16(21)9-7-13)23-19(24)15-11-14-4-2-3-5-17(14)22-12-15/h2-9,11-12,18H,10H2,1H3,(H,23,24)/t18-/m1/s1. The molecule has 6 heteroatoms. The van der Waals surface area contributed by atoms with Gasteiger partial charge in [-0.25, -0.2) is 4.79 Å². The SMILES string of the molecule is COC(=O)[C@@H](Cc1ccc(Br)cc1)NC(=O)c1cnc2ccccc2c1. The first-order valence-electron chi connectivity index (χ1n) is 8.05. The van der Waals surface area contributed by atoms with Crippen LogP contribution in [0.3, 0.4) is 0 Å². The fourth-order valence-corrected chi connectivity index (χ4v) is 2.89. The van der Waals surface area contributed by atoms with Gasteiger partial charge in [-0.3, -0.25) is 9.78 Å². The molecule has 1 atom stereocenters. The molecule has 0 aliphatic rings. The summed E-state index contributed by atoms with van der Waals surface area (Å²) in [5.41, 5.74) is 2.12. The fraction of sp³-hybridized carbons (Fsp3) is 0.150. The molecule has 0 saturated carbocycles. The van der Waals surface area contributed by atoms with E-state index in [-0.39, 0.29) is 5.91 Å². The lowest BCUT2D eigenvalue weighted by molar-refractivity contribution is -0.142. The maximum atomic E-state index is 12.6. The van der Waals surface area contributed by atoms with Crippen molar-refractivity contribution in [3.63, 3.8) is 0 Å². The van der Waals surface area contributed by atoms with Gasteiger partial charge in [-0.2, -0.15) is 0 Å². The number of halogens is 1. The van der Waals surface area contributed by atoms with Crippen LogP contribution in [0.1, 0.15) is 15.9 Å². The van der Waals surface area contributed by atoms with Gasteiger partial charge in [-0.1, -0.05) is 46.3 Å². The summed E-state index contributed by atoms with van der Waals surface area (Å²) >= 11 is 3.38. The van der Waals surface area contributed by atoms with Crippen molar-refractivity contribution in [3.8, 4) is 0 Å². The molecule has 5 nitrogen and oxygen atoms in total. The number of nitrogens with one attached hydrogen (secondary N) is 1. The molecule has 3 rings (SSSR count). The molecule has 0 aliphatic carbocycles. The molecule has 0 aliphatic heterocycles. The summed E-state index contributed by atoms with van der Waals surface area (Å²) in [7, 11) is 1.31. The second kappa shape index (κ2) is 8.10. The van der Waals surface area contributed by atoms with Crippen LogP contribution in [0.25, 0.3) is 10.9 Å². The van der Waals surface area contributed by atoms with Crippen LogP contribution < -0.4 is 5.32 Å². The van der Waals surface area contributed by atoms with Crippen molar-refractivity contribution in [1.82, 2.24) is 10.3 Å². The van der Waals surface area contributed by atoms with Crippen LogP contribution in [-0.2, 0) is 16.0 Å². The van der Waals surface area contributed by atoms with Gasteiger partial charge >= 0.3 is 5.97 Å². The maximum Gasteiger partial charge on any atom is 0.328 e. The number of hydrogen-bond donors (Lipinski definition) is 1. The Hall–Kier alpha value is -2.73. The molecular weight excluding hydrogens is 396 g/mol. The maximum absolute atomic E-state index is 12.6. The van der Waals surface area contributed by atoms with Gasteiger partial charge in [0.15, 0.2) is 0 Å². The number of esters is 1. The van der Waals surface area contributed by atoms with Crippen molar-refractivity contribution in [3.05, 3.63) is 76.4 Å². The van der Waals surface area contributed by atoms with Crippen LogP contribution in [0.4, 0.5) is 0 Å². The van der Waals surface area contributed by atoms with Crippen LogP contribution in [0.15, 0.2) is 65.3 Å². The van der Waals surface area contributed by atoms with Gasteiger partial charge in [0.25, 0.3) is 5.91 Å². The molecule has 0 saturated heterocycles. The number of carbonyl (C=O) groups excluding carboxylic acids is 2. The van der Waals surface area contributed by atoms with Crippen LogP contribution in [0.2, 0.25) is 0 Å². The third-order valence-electron chi connectivity index (χ3n) is 4.00. The van der Waals surface area contributed by atoms with Crippen molar-refractivity contribution in [2.24, 2.45) is 0 Å². The summed E-state index contributed by atoms with van der Waals surface area (Å²) in [5, 5.41) is 3.61. The third kappa shape index (κ3) is 4.26. The molecule has 0 unspecified atom stereocenters. The lowest BCUT2D eigenvalue weighted by atomic mass is 10.1. The average molecular weight is 413 g/mol. The van der Waals surface area contributed by atoms with Crippen LogP contribution in [0, 0.1) is 0 Å². The van der Waals surface area contributed by atoms with E-state index in [1.807, 2.05) is 48.5 Å². The van der Waals surface area contributed by atoms with E-state index in [0.29, 0.717) is 12.0 Å². The quantitative estimate of drug-likeness (QED) is 0.651. The number of nitrogens with zero attached hydrogens (tertiary/aromatic N) is 1. The molecule has 2 aromatic carbocycles. The second-order valence-corrected chi connectivity index (χ2v) is 6.71. The lowest BCUT2D eigenvalue weighted by Gasteiger charge is -2.17. The Labute approximate surface area is 159 Å². The number of amides is 1. The van der Waals surface area contributed by atoms with Crippen LogP contribution in [0.5, 0.6) is 0 Å². The minimum atomic E-state index is -0.778. The number of hydrogen-bond acceptors (Lipinski definition) is 4. The molecule has 0 fully saturated rings. The molecule has 3 aromatic rings. The number of methoxy groups -OCH3 is 1. The number of ether oxygens (including phenoxy) is 1. The molecule has 1 heterocycles. The van der Waals surface area contributed by atoms with E-state index in [4.69, 9.17) is 4.74 Å². The van der Waals surface area contributed by atoms with Crippen LogP contribution in [-0.4, -0.2) is 30.0 Å². The summed E-state index contributed by atoms with van der Waals surface area (Å²) in [6, 6.07) is 16.1. The third-order valence-corrected chi connectivity index (χ3v) is 4.53. The van der Waals surface area contributed by atoms with Gasteiger partial charge in [0.05, 0.1) is 18.2 Å². The first-order valence-corrected chi connectivity index (χ1v) is 8.84. The molecule has 0 radical (unpaired) electrons. The normalized spacial score (nSPS) is 11.8. The van der Waals surface area contributed by atoms with Crippen molar-refractivity contribution in [2.75, 3.05) is 7.11 Å². The topological polar surface area (TPSA) is 68.3 Å². The zero-order chi connectivity index (χ0) is 18.5. The molecule has 26 heavy (non-hydrogen) atoms. The summed E-state index contributed by atoms with van der Waals surface area (Å²) < 4.78 is 5.78. The predicted octanol–water partition coefficient (Wildman–Crippen LogP) is 3.51. The van der Waals surface area contributed by atoms with E-state index in [1.165, 1.54) is 13.3 Å². The minimum absolute atomic E-state index is 0.340. The summed E-state index contributed by atoms with van der Waals surface area (Å²) in [6.45, 7) is 0. The summed E-state index contributed by atoms with van der Waals surface area (Å²) in [4.78, 5) is 29.0. The number of aromatic nitrogens is 1. The summed E-state index contributed by atoms with van der Waals surface area (Å²) in [5.74, 6) is -0.856. The van der Waals surface area contributed by atoms with E-state index in [0.717, 1.165) is 20.9 Å². The number of benzene rings is 2. The van der Waals surface area contributed by atoms with Crippen molar-refractivity contribution in [1.29, 1.82) is 0 Å². The molecule has 0 bridgehead atoms. The molecular formula is C20H17BrN2O3. The zero-order valence-electron chi connectivity index (χ0n) is 14.1. The van der Waals surface area contributed by atoms with Crippen molar-refractivity contribution >= 4 is 38.7 Å². The van der Waals surface area contributed by atoms with E-state index in [1.54, 1.807) is 6.07 Å². The fourth-order valence-electron chi connectivity index (χ4n) is 2.63. The highest BCUT2D eigenvalue weighted by Gasteiger charge is 2.23. The van der Waals surface area contributed by atoms with Gasteiger partial charge in [-0.15, -0.1) is 0 Å². The highest BCUT2D eigenvalue weighted by atomic mass is 79.9. The number of fused-ring (bicyclic) bond motifs is 1. The Morgan fingerprint density at radius 2 is 1.88 bits per heavy atom. The van der Waals surface area contributed by atoms with Gasteiger partial charge in [0.1, 0.15) is 6.04 Å². The van der Waals surface area contributed by atoms with Gasteiger partial charge in [-0.05, 0) is 29.8 Å². The highest BCUT2D eigenvalue weighted by Crippen LogP contribution is 2.14. The van der Waals surface area contributed by atoms with Crippen molar-refractivity contribution < 1.29 is 14.3 Å². The van der Waals surface area contributed by atoms with Crippen molar-refractivity contribution in [2.45, 2.75) is 12.5 Å². The minimum Gasteiger partial charge on any atom is -0.467 e. The van der Waals surface area contributed by atoms with Gasteiger partial charge < -0.3 is 10.1 Å². The first-order chi connectivity index (χ1) is 12.6. The predicted molar refractivity (Wildman–Crippen MR) is 103 cm³/mol. The summed E-state index contributed by atoms with van der Waals surface area (Å²) in [6.07, 6.45) is 1.85. The monoisotopic (exact) mass is 412 g/mol. The first kappa shape index (κ1) is 18.1. The number of pyridine rings is 1. The van der Waals surface area contributed by atoms with E-state index >= 15 is 0 Å². The molecule has 1 amide bonds. The lowest BCUT2D eigenvalue weighted by Crippen LogP contribution is -2.43. The Morgan fingerprint density at radius 3 is 2.62 bits per heavy atom. The number of para-hydroxylation sites is 1. The zero-order valence-corrected chi connectivity index (χ0v) is 15.7. The van der Waals surface area contributed by atoms with E-state index < -0.39 is 12.0 Å². The Morgan fingerprint density at radius 1 is 1.15 bits per heavy atom. The highest BCUT2D eigenvalue weighted by molar-refractivity contribution is 9.10. The molecule has 1 N–H and O–H groups in total. The van der Waals surface area contributed by atoms with E-state index in [9.17, 15) is 9.59 Å². The molecule has 132 valence electrons. The smallest absolute Gasteiger partial charge is 0.328 e. The Balaban J connectivity index is 1.79. The van der Waals surface area contributed by atoms with Crippen LogP contribution >= 0.6 is 15.9 Å². The Bertz CT molecular complexity index is 941. The van der Waals surface area contributed by atoms with Gasteiger partial charge in [0.2, 0.25) is 0 Å². The molecule has 0 spiro atoms. The van der Waals surface area contributed by atoms with Gasteiger partial charge in [0, 0.05) is 22.5 Å². The average Bonchev–Trinajstić information content (AvgIpc) is 2.68. The largest absolute Gasteiger partial charge is 0.467 e. The second-order valence-electron chi connectivity index (χ2n) is 5.80. The number of carbonyl (C=O) groups is 2. The molecule has 1 aromatic heterocycles.